The lowest BCUT2D eigenvalue weighted by atomic mass is 10.2. The summed E-state index contributed by atoms with van der Waals surface area (Å²) in [6.07, 6.45) is 3.57. The van der Waals surface area contributed by atoms with Gasteiger partial charge in [0.2, 0.25) is 5.95 Å². The highest BCUT2D eigenvalue weighted by molar-refractivity contribution is 5.91. The van der Waals surface area contributed by atoms with Gasteiger partial charge in [0.05, 0.1) is 5.52 Å². The first-order valence-electron chi connectivity index (χ1n) is 4.20. The fraction of sp³-hybridized carbons (Fsp3) is 0. The second kappa shape index (κ2) is 2.41. The maximum absolute atomic E-state index is 5.64. The molecule has 0 saturated heterocycles. The van der Waals surface area contributed by atoms with E-state index in [-0.39, 0.29) is 0 Å². The molecule has 5 heteroatoms. The van der Waals surface area contributed by atoms with E-state index in [0.29, 0.717) is 5.95 Å². The van der Waals surface area contributed by atoms with Crippen molar-refractivity contribution < 1.29 is 0 Å². The van der Waals surface area contributed by atoms with Crippen molar-refractivity contribution in [2.24, 2.45) is 0 Å². The van der Waals surface area contributed by atoms with Gasteiger partial charge in [-0.3, -0.25) is 9.38 Å². The number of nitrogens with two attached hydrogens (primary N) is 1. The van der Waals surface area contributed by atoms with Crippen molar-refractivity contribution in [3.05, 3.63) is 30.6 Å². The molecule has 3 rings (SSSR count). The Kier molecular flexibility index (Phi) is 1.25. The van der Waals surface area contributed by atoms with E-state index >= 15 is 0 Å². The normalized spacial score (nSPS) is 11.1. The third kappa shape index (κ3) is 0.806. The molecule has 68 valence electrons. The minimum absolute atomic E-state index is 0.394. The van der Waals surface area contributed by atoms with E-state index in [1.807, 2.05) is 24.4 Å². The number of pyridine rings is 2. The SMILES string of the molecule is Nc1nnc2c3cccnc3ccn12. The van der Waals surface area contributed by atoms with Crippen molar-refractivity contribution in [1.29, 1.82) is 0 Å². The van der Waals surface area contributed by atoms with Crippen LogP contribution >= 0.6 is 0 Å². The van der Waals surface area contributed by atoms with Crippen LogP contribution < -0.4 is 5.73 Å². The molecule has 0 aliphatic rings. The molecule has 0 unspecified atom stereocenters. The minimum atomic E-state index is 0.394. The molecule has 3 aromatic heterocycles. The first kappa shape index (κ1) is 7.25. The molecule has 0 fully saturated rings. The van der Waals surface area contributed by atoms with Crippen LogP contribution in [-0.4, -0.2) is 19.6 Å². The molecular weight excluding hydrogens is 178 g/mol. The Hall–Kier alpha value is -2.17. The second-order valence-corrected chi connectivity index (χ2v) is 3.00. The van der Waals surface area contributed by atoms with Gasteiger partial charge in [-0.05, 0) is 18.2 Å². The zero-order valence-electron chi connectivity index (χ0n) is 7.25. The lowest BCUT2D eigenvalue weighted by molar-refractivity contribution is 1.12. The standard InChI is InChI=1S/C9H7N5/c10-9-13-12-8-6-2-1-4-11-7(6)3-5-14(8)9/h1-5H,(H2,10,13). The highest BCUT2D eigenvalue weighted by Gasteiger charge is 2.05. The van der Waals surface area contributed by atoms with Gasteiger partial charge in [-0.15, -0.1) is 10.2 Å². The summed E-state index contributed by atoms with van der Waals surface area (Å²) in [4.78, 5) is 4.22. The molecule has 2 N–H and O–H groups in total. The van der Waals surface area contributed by atoms with Gasteiger partial charge in [0, 0.05) is 17.8 Å². The Labute approximate surface area is 79.2 Å². The zero-order chi connectivity index (χ0) is 9.54. The van der Waals surface area contributed by atoms with Crippen LogP contribution in [0.2, 0.25) is 0 Å². The van der Waals surface area contributed by atoms with E-state index in [0.717, 1.165) is 16.6 Å². The van der Waals surface area contributed by atoms with Crippen LogP contribution in [0.1, 0.15) is 0 Å². The Morgan fingerprint density at radius 3 is 3.07 bits per heavy atom. The number of hydrogen-bond donors (Lipinski definition) is 1. The molecular formula is C9H7N5. The molecule has 0 aliphatic heterocycles. The Bertz CT molecular complexity index is 613. The van der Waals surface area contributed by atoms with Crippen LogP contribution in [0.3, 0.4) is 0 Å². The summed E-state index contributed by atoms with van der Waals surface area (Å²) >= 11 is 0. The molecule has 5 nitrogen and oxygen atoms in total. The maximum atomic E-state index is 5.64. The zero-order valence-corrected chi connectivity index (χ0v) is 7.25. The molecule has 0 aliphatic carbocycles. The van der Waals surface area contributed by atoms with E-state index < -0.39 is 0 Å². The number of nitrogens with zero attached hydrogens (tertiary/aromatic N) is 4. The van der Waals surface area contributed by atoms with Crippen molar-refractivity contribution in [3.8, 4) is 0 Å². The predicted molar refractivity (Wildman–Crippen MR) is 52.7 cm³/mol. The van der Waals surface area contributed by atoms with Crippen molar-refractivity contribution in [1.82, 2.24) is 19.6 Å². The highest BCUT2D eigenvalue weighted by Crippen LogP contribution is 2.17. The van der Waals surface area contributed by atoms with E-state index in [4.69, 9.17) is 5.73 Å². The molecule has 0 radical (unpaired) electrons. The first-order valence-corrected chi connectivity index (χ1v) is 4.20. The summed E-state index contributed by atoms with van der Waals surface area (Å²) in [6.45, 7) is 0. The average Bonchev–Trinajstić information content (AvgIpc) is 2.61. The van der Waals surface area contributed by atoms with Crippen LogP contribution in [0.5, 0.6) is 0 Å². The molecule has 0 saturated carbocycles. The van der Waals surface area contributed by atoms with Crippen molar-refractivity contribution in [2.45, 2.75) is 0 Å². The van der Waals surface area contributed by atoms with E-state index in [1.54, 1.807) is 10.6 Å². The third-order valence-electron chi connectivity index (χ3n) is 2.18. The quantitative estimate of drug-likeness (QED) is 0.564. The van der Waals surface area contributed by atoms with Gasteiger partial charge >= 0.3 is 0 Å². The summed E-state index contributed by atoms with van der Waals surface area (Å²) in [6, 6.07) is 5.71. The first-order chi connectivity index (χ1) is 6.86. The van der Waals surface area contributed by atoms with Crippen molar-refractivity contribution in [2.75, 3.05) is 5.73 Å². The third-order valence-corrected chi connectivity index (χ3v) is 2.18. The Balaban J connectivity index is 2.61. The van der Waals surface area contributed by atoms with Gasteiger partial charge in [0.1, 0.15) is 0 Å². The number of rotatable bonds is 0. The van der Waals surface area contributed by atoms with Crippen LogP contribution in [0, 0.1) is 0 Å². The van der Waals surface area contributed by atoms with Gasteiger partial charge in [0.15, 0.2) is 5.65 Å². The fourth-order valence-electron chi connectivity index (χ4n) is 1.52. The molecule has 0 spiro atoms. The van der Waals surface area contributed by atoms with Gasteiger partial charge in [0.25, 0.3) is 0 Å². The molecule has 0 aromatic carbocycles. The van der Waals surface area contributed by atoms with Crippen LogP contribution in [-0.2, 0) is 0 Å². The van der Waals surface area contributed by atoms with Gasteiger partial charge in [-0.1, -0.05) is 0 Å². The number of aromatic nitrogens is 4. The lowest BCUT2D eigenvalue weighted by Gasteiger charge is -1.98. The second-order valence-electron chi connectivity index (χ2n) is 3.00. The van der Waals surface area contributed by atoms with Crippen LogP contribution in [0.4, 0.5) is 5.95 Å². The average molecular weight is 185 g/mol. The van der Waals surface area contributed by atoms with E-state index in [9.17, 15) is 0 Å². The summed E-state index contributed by atoms with van der Waals surface area (Å²) in [5.41, 5.74) is 7.28. The number of nitrogen functional groups attached to an aromatic ring is 1. The number of fused-ring (bicyclic) bond motifs is 3. The van der Waals surface area contributed by atoms with Gasteiger partial charge in [-0.2, -0.15) is 0 Å². The smallest absolute Gasteiger partial charge is 0.226 e. The summed E-state index contributed by atoms with van der Waals surface area (Å²) < 4.78 is 1.74. The summed E-state index contributed by atoms with van der Waals surface area (Å²) in [7, 11) is 0. The topological polar surface area (TPSA) is 69.1 Å². The highest BCUT2D eigenvalue weighted by atomic mass is 15.3. The summed E-state index contributed by atoms with van der Waals surface area (Å²) in [5, 5.41) is 8.76. The Morgan fingerprint density at radius 2 is 2.14 bits per heavy atom. The molecule has 3 aromatic rings. The molecule has 0 atom stereocenters. The molecule has 0 amide bonds. The maximum Gasteiger partial charge on any atom is 0.226 e. The van der Waals surface area contributed by atoms with Gasteiger partial charge < -0.3 is 5.73 Å². The van der Waals surface area contributed by atoms with E-state index in [1.165, 1.54) is 0 Å². The van der Waals surface area contributed by atoms with Crippen molar-refractivity contribution in [3.63, 3.8) is 0 Å². The van der Waals surface area contributed by atoms with Crippen LogP contribution in [0.15, 0.2) is 30.6 Å². The van der Waals surface area contributed by atoms with Crippen molar-refractivity contribution >= 4 is 22.5 Å². The fourth-order valence-corrected chi connectivity index (χ4v) is 1.52. The van der Waals surface area contributed by atoms with Crippen LogP contribution in [0.25, 0.3) is 16.6 Å². The predicted octanol–water partition coefficient (Wildman–Crippen LogP) is 0.860. The molecule has 0 bridgehead atoms. The number of hydrogen-bond acceptors (Lipinski definition) is 4. The minimum Gasteiger partial charge on any atom is -0.368 e. The number of anilines is 1. The molecule has 14 heavy (non-hydrogen) atoms. The summed E-state index contributed by atoms with van der Waals surface area (Å²) in [5.74, 6) is 0.394. The lowest BCUT2D eigenvalue weighted by Crippen LogP contribution is -1.93. The Morgan fingerprint density at radius 1 is 1.21 bits per heavy atom. The van der Waals surface area contributed by atoms with Gasteiger partial charge in [-0.25, -0.2) is 0 Å². The largest absolute Gasteiger partial charge is 0.368 e. The monoisotopic (exact) mass is 185 g/mol. The van der Waals surface area contributed by atoms with E-state index in [2.05, 4.69) is 15.2 Å². The molecule has 3 heterocycles.